The second kappa shape index (κ2) is 5.60. The summed E-state index contributed by atoms with van der Waals surface area (Å²) in [6.45, 7) is 4.65. The molecule has 7 heteroatoms. The van der Waals surface area contributed by atoms with Gasteiger partial charge in [0.15, 0.2) is 0 Å². The predicted octanol–water partition coefficient (Wildman–Crippen LogP) is 3.94. The maximum atomic E-state index is 12.6. The molecule has 4 nitrogen and oxygen atoms in total. The van der Waals surface area contributed by atoms with Crippen LogP contribution in [0.25, 0.3) is 0 Å². The highest BCUT2D eigenvalue weighted by atomic mass is 19.4. The molecule has 1 aromatic rings. The lowest BCUT2D eigenvalue weighted by atomic mass is 9.84. The van der Waals surface area contributed by atoms with E-state index in [2.05, 4.69) is 0 Å². The summed E-state index contributed by atoms with van der Waals surface area (Å²) in [6, 6.07) is 2.27. The van der Waals surface area contributed by atoms with Gasteiger partial charge >= 0.3 is 6.18 Å². The van der Waals surface area contributed by atoms with E-state index in [-0.39, 0.29) is 17.3 Å². The van der Waals surface area contributed by atoms with Gasteiger partial charge in [0.05, 0.1) is 16.4 Å². The molecule has 1 atom stereocenters. The molecule has 0 heterocycles. The summed E-state index contributed by atoms with van der Waals surface area (Å²) < 4.78 is 37.8. The van der Waals surface area contributed by atoms with Crippen LogP contribution in [0.5, 0.6) is 0 Å². The van der Waals surface area contributed by atoms with Gasteiger partial charge in [-0.1, -0.05) is 19.9 Å². The summed E-state index contributed by atoms with van der Waals surface area (Å²) in [4.78, 5) is 21.7. The number of hydrogen-bond acceptors (Lipinski definition) is 3. The number of carbonyl (C=O) groups excluding carboxylic acids is 1. The number of ketones is 1. The maximum absolute atomic E-state index is 12.6. The third-order valence-corrected chi connectivity index (χ3v) is 2.99. The van der Waals surface area contributed by atoms with Gasteiger partial charge in [0.25, 0.3) is 5.69 Å². The molecule has 0 radical (unpaired) electrons. The van der Waals surface area contributed by atoms with Crippen LogP contribution in [-0.4, -0.2) is 10.7 Å². The number of Topliss-reactive ketones (excluding diaryl/α,β-unsaturated/α-hetero) is 1. The zero-order valence-electron chi connectivity index (χ0n) is 11.2. The van der Waals surface area contributed by atoms with E-state index in [1.165, 1.54) is 6.92 Å². The van der Waals surface area contributed by atoms with E-state index >= 15 is 0 Å². The number of benzene rings is 1. The topological polar surface area (TPSA) is 60.2 Å². The monoisotopic (exact) mass is 289 g/mol. The van der Waals surface area contributed by atoms with Crippen molar-refractivity contribution in [2.45, 2.75) is 32.9 Å². The summed E-state index contributed by atoms with van der Waals surface area (Å²) in [5, 5.41) is 11.0. The average Bonchev–Trinajstić information content (AvgIpc) is 2.26. The standard InChI is InChI=1S/C13H14F3NO3/c1-7(2)12(8(3)18)10-5-4-9(13(14,15)16)6-11(10)17(19)20/h4-7,12H,1-3H3. The molecule has 1 aromatic carbocycles. The van der Waals surface area contributed by atoms with Crippen molar-refractivity contribution in [1.82, 2.24) is 0 Å². The summed E-state index contributed by atoms with van der Waals surface area (Å²) in [6.07, 6.45) is -4.66. The minimum Gasteiger partial charge on any atom is -0.299 e. The number of nitro groups is 1. The zero-order chi connectivity index (χ0) is 15.7. The number of hydrogen-bond donors (Lipinski definition) is 0. The molecule has 0 aliphatic carbocycles. The lowest BCUT2D eigenvalue weighted by Gasteiger charge is -2.19. The molecule has 0 fully saturated rings. The smallest absolute Gasteiger partial charge is 0.299 e. The Balaban J connectivity index is 3.48. The van der Waals surface area contributed by atoms with Crippen molar-refractivity contribution in [3.05, 3.63) is 39.4 Å². The SMILES string of the molecule is CC(=O)C(c1ccc(C(F)(F)F)cc1[N+](=O)[O-])C(C)C. The molecule has 1 rings (SSSR count). The van der Waals surface area contributed by atoms with Crippen LogP contribution in [0.2, 0.25) is 0 Å². The first-order valence-corrected chi connectivity index (χ1v) is 5.91. The highest BCUT2D eigenvalue weighted by molar-refractivity contribution is 5.85. The highest BCUT2D eigenvalue weighted by Crippen LogP contribution is 2.37. The van der Waals surface area contributed by atoms with Crippen molar-refractivity contribution in [1.29, 1.82) is 0 Å². The van der Waals surface area contributed by atoms with Gasteiger partial charge in [0, 0.05) is 11.6 Å². The molecule has 110 valence electrons. The Morgan fingerprint density at radius 2 is 1.85 bits per heavy atom. The highest BCUT2D eigenvalue weighted by Gasteiger charge is 2.35. The molecule has 1 unspecified atom stereocenters. The van der Waals surface area contributed by atoms with Crippen LogP contribution in [0.15, 0.2) is 18.2 Å². The van der Waals surface area contributed by atoms with Gasteiger partial charge in [-0.05, 0) is 18.9 Å². The molecule has 0 bridgehead atoms. The molecular weight excluding hydrogens is 275 g/mol. The normalized spacial score (nSPS) is 13.3. The molecule has 0 spiro atoms. The molecule has 0 aromatic heterocycles. The first kappa shape index (κ1) is 16.1. The van der Waals surface area contributed by atoms with E-state index in [1.54, 1.807) is 13.8 Å². The minimum absolute atomic E-state index is 0.0190. The number of alkyl halides is 3. The van der Waals surface area contributed by atoms with Crippen LogP contribution in [0, 0.1) is 16.0 Å². The third kappa shape index (κ3) is 3.34. The quantitative estimate of drug-likeness (QED) is 0.623. The second-order valence-electron chi connectivity index (χ2n) is 4.86. The van der Waals surface area contributed by atoms with Crippen molar-refractivity contribution in [2.24, 2.45) is 5.92 Å². The fourth-order valence-electron chi connectivity index (χ4n) is 2.19. The van der Waals surface area contributed by atoms with Crippen LogP contribution < -0.4 is 0 Å². The van der Waals surface area contributed by atoms with Gasteiger partial charge in [0.1, 0.15) is 5.78 Å². The molecule has 0 saturated heterocycles. The van der Waals surface area contributed by atoms with E-state index in [1.807, 2.05) is 0 Å². The first-order chi connectivity index (χ1) is 9.05. The second-order valence-corrected chi connectivity index (χ2v) is 4.86. The van der Waals surface area contributed by atoms with Gasteiger partial charge in [-0.15, -0.1) is 0 Å². The Labute approximate surface area is 113 Å². The Morgan fingerprint density at radius 3 is 2.20 bits per heavy atom. The van der Waals surface area contributed by atoms with E-state index < -0.39 is 28.3 Å². The van der Waals surface area contributed by atoms with Crippen LogP contribution >= 0.6 is 0 Å². The molecule has 20 heavy (non-hydrogen) atoms. The van der Waals surface area contributed by atoms with Crippen LogP contribution in [-0.2, 0) is 11.0 Å². The molecule has 0 aliphatic rings. The zero-order valence-corrected chi connectivity index (χ0v) is 11.2. The largest absolute Gasteiger partial charge is 0.416 e. The molecule has 0 saturated carbocycles. The summed E-state index contributed by atoms with van der Waals surface area (Å²) in [5.74, 6) is -1.36. The number of rotatable bonds is 4. The van der Waals surface area contributed by atoms with Crippen LogP contribution in [0.3, 0.4) is 0 Å². The van der Waals surface area contributed by atoms with Crippen LogP contribution in [0.4, 0.5) is 18.9 Å². The molecule has 0 amide bonds. The van der Waals surface area contributed by atoms with E-state index in [9.17, 15) is 28.1 Å². The Kier molecular flexibility index (Phi) is 4.52. The van der Waals surface area contributed by atoms with Gasteiger partial charge < -0.3 is 0 Å². The van der Waals surface area contributed by atoms with E-state index in [0.717, 1.165) is 12.1 Å². The van der Waals surface area contributed by atoms with E-state index in [0.29, 0.717) is 6.07 Å². The molecule has 0 aliphatic heterocycles. The third-order valence-electron chi connectivity index (χ3n) is 2.99. The maximum Gasteiger partial charge on any atom is 0.416 e. The average molecular weight is 289 g/mol. The summed E-state index contributed by atoms with van der Waals surface area (Å²) in [5.41, 5.74) is -1.75. The first-order valence-electron chi connectivity index (χ1n) is 5.91. The van der Waals surface area contributed by atoms with Gasteiger partial charge in [-0.25, -0.2) is 0 Å². The molecule has 0 N–H and O–H groups in total. The van der Waals surface area contributed by atoms with E-state index in [4.69, 9.17) is 0 Å². The minimum atomic E-state index is -4.66. The van der Waals surface area contributed by atoms with Crippen molar-refractivity contribution in [3.63, 3.8) is 0 Å². The Hall–Kier alpha value is -1.92. The fraction of sp³-hybridized carbons (Fsp3) is 0.462. The number of carbonyl (C=O) groups is 1. The number of halogens is 3. The van der Waals surface area contributed by atoms with Crippen molar-refractivity contribution < 1.29 is 22.9 Å². The molecular formula is C13H14F3NO3. The number of nitro benzene ring substituents is 1. The fourth-order valence-corrected chi connectivity index (χ4v) is 2.19. The van der Waals surface area contributed by atoms with Gasteiger partial charge in [0.2, 0.25) is 0 Å². The predicted molar refractivity (Wildman–Crippen MR) is 66.4 cm³/mol. The lowest BCUT2D eigenvalue weighted by Crippen LogP contribution is -2.17. The summed E-state index contributed by atoms with van der Waals surface area (Å²) in [7, 11) is 0. The Morgan fingerprint density at radius 1 is 1.30 bits per heavy atom. The summed E-state index contributed by atoms with van der Waals surface area (Å²) >= 11 is 0. The van der Waals surface area contributed by atoms with Crippen molar-refractivity contribution in [2.75, 3.05) is 0 Å². The van der Waals surface area contributed by atoms with Crippen molar-refractivity contribution in [3.8, 4) is 0 Å². The van der Waals surface area contributed by atoms with Crippen LogP contribution in [0.1, 0.15) is 37.8 Å². The Bertz CT molecular complexity index is 538. The van der Waals surface area contributed by atoms with Gasteiger partial charge in [-0.3, -0.25) is 14.9 Å². The lowest BCUT2D eigenvalue weighted by molar-refractivity contribution is -0.386. The van der Waals surface area contributed by atoms with Gasteiger partial charge in [-0.2, -0.15) is 13.2 Å². The number of nitrogens with zero attached hydrogens (tertiary/aromatic N) is 1. The van der Waals surface area contributed by atoms with Crippen molar-refractivity contribution >= 4 is 11.5 Å².